The molecule has 0 fully saturated rings. The van der Waals surface area contributed by atoms with Crippen molar-refractivity contribution >= 4 is 11.9 Å². The quantitative estimate of drug-likeness (QED) is 0.849. The maximum atomic E-state index is 13.8. The highest BCUT2D eigenvalue weighted by Gasteiger charge is 2.36. The van der Waals surface area contributed by atoms with Crippen LogP contribution >= 0.6 is 0 Å². The summed E-state index contributed by atoms with van der Waals surface area (Å²) in [5.74, 6) is -6.27. The van der Waals surface area contributed by atoms with Crippen molar-refractivity contribution in [2.45, 2.75) is 12.3 Å². The van der Waals surface area contributed by atoms with Gasteiger partial charge in [0.15, 0.2) is 17.5 Å². The number of carboxylic acid groups (broad SMARTS) is 1. The van der Waals surface area contributed by atoms with Crippen LogP contribution in [0.5, 0.6) is 0 Å². The molecule has 0 spiro atoms. The monoisotopic (exact) mass is 287 g/mol. The van der Waals surface area contributed by atoms with Crippen LogP contribution in [0.25, 0.3) is 0 Å². The molecule has 2 atom stereocenters. The Balaban J connectivity index is 2.45. The largest absolute Gasteiger partial charge is 0.484 e. The Kier molecular flexibility index (Phi) is 3.96. The lowest BCUT2D eigenvalue weighted by Gasteiger charge is -2.27. The zero-order valence-corrected chi connectivity index (χ0v) is 10.6. The van der Waals surface area contributed by atoms with Gasteiger partial charge in [0.05, 0.1) is 19.6 Å². The van der Waals surface area contributed by atoms with Gasteiger partial charge in [0.2, 0.25) is 0 Å². The minimum absolute atomic E-state index is 0.0233. The van der Waals surface area contributed by atoms with E-state index in [4.69, 9.17) is 9.84 Å². The van der Waals surface area contributed by atoms with E-state index in [2.05, 4.69) is 4.99 Å². The lowest BCUT2D eigenvalue weighted by atomic mass is 9.81. The lowest BCUT2D eigenvalue weighted by Crippen LogP contribution is -2.32. The predicted molar refractivity (Wildman–Crippen MR) is 64.1 cm³/mol. The lowest BCUT2D eigenvalue weighted by molar-refractivity contribution is -0.142. The van der Waals surface area contributed by atoms with Gasteiger partial charge in [-0.2, -0.15) is 0 Å². The molecule has 2 rings (SSSR count). The first-order valence-electron chi connectivity index (χ1n) is 5.88. The molecule has 1 aromatic rings. The maximum Gasteiger partial charge on any atom is 0.309 e. The number of halogens is 3. The fourth-order valence-corrected chi connectivity index (χ4v) is 2.27. The average Bonchev–Trinajstić information content (AvgIpc) is 2.42. The number of methoxy groups -OCH3 is 1. The van der Waals surface area contributed by atoms with Gasteiger partial charge in [0.1, 0.15) is 5.82 Å². The van der Waals surface area contributed by atoms with Gasteiger partial charge in [-0.15, -0.1) is 0 Å². The standard InChI is InChI=1S/C13H12F3NO3/c1-20-12-3-6(8(5-17-12)13(18)19)7-2-10(15)11(16)4-9(7)14/h2,4,6,8H,3,5H2,1H3,(H,18,19)/t6-,8+/m0/s1. The first kappa shape index (κ1) is 14.4. The highest BCUT2D eigenvalue weighted by atomic mass is 19.2. The van der Waals surface area contributed by atoms with Gasteiger partial charge in [-0.05, 0) is 11.6 Å². The summed E-state index contributed by atoms with van der Waals surface area (Å²) in [5, 5.41) is 9.14. The molecule has 1 heterocycles. The van der Waals surface area contributed by atoms with Gasteiger partial charge in [-0.3, -0.25) is 9.79 Å². The van der Waals surface area contributed by atoms with Crippen molar-refractivity contribution < 1.29 is 27.8 Å². The molecule has 0 saturated carbocycles. The molecule has 0 radical (unpaired) electrons. The summed E-state index contributed by atoms with van der Waals surface area (Å²) in [7, 11) is 1.36. The molecule has 7 heteroatoms. The van der Waals surface area contributed by atoms with Gasteiger partial charge in [-0.25, -0.2) is 13.2 Å². The molecule has 4 nitrogen and oxygen atoms in total. The fraction of sp³-hybridized carbons (Fsp3) is 0.385. The first-order chi connectivity index (χ1) is 9.43. The molecule has 108 valence electrons. The normalized spacial score (nSPS) is 22.3. The first-order valence-corrected chi connectivity index (χ1v) is 5.88. The summed E-state index contributed by atoms with van der Waals surface area (Å²) in [5.41, 5.74) is -0.180. The third-order valence-electron chi connectivity index (χ3n) is 3.34. The maximum absolute atomic E-state index is 13.8. The number of carbonyl (C=O) groups is 1. The smallest absolute Gasteiger partial charge is 0.309 e. The Labute approximate surface area is 112 Å². The molecule has 20 heavy (non-hydrogen) atoms. The summed E-state index contributed by atoms with van der Waals surface area (Å²) >= 11 is 0. The molecule has 1 aromatic carbocycles. The average molecular weight is 287 g/mol. The second-order valence-electron chi connectivity index (χ2n) is 4.48. The van der Waals surface area contributed by atoms with Crippen LogP contribution in [-0.2, 0) is 9.53 Å². The van der Waals surface area contributed by atoms with E-state index in [1.54, 1.807) is 0 Å². The fourth-order valence-electron chi connectivity index (χ4n) is 2.27. The number of hydrogen-bond donors (Lipinski definition) is 1. The summed E-state index contributed by atoms with van der Waals surface area (Å²) in [6.07, 6.45) is 0.0233. The van der Waals surface area contributed by atoms with Crippen LogP contribution in [0.15, 0.2) is 17.1 Å². The van der Waals surface area contributed by atoms with Crippen molar-refractivity contribution in [3.05, 3.63) is 35.1 Å². The van der Waals surface area contributed by atoms with Crippen molar-refractivity contribution in [2.75, 3.05) is 13.7 Å². The second-order valence-corrected chi connectivity index (χ2v) is 4.48. The number of nitrogens with zero attached hydrogens (tertiary/aromatic N) is 1. The SMILES string of the molecule is COC1=NC[C@@H](C(=O)O)[C@H](c2cc(F)c(F)cc2F)C1. The molecule has 1 aliphatic rings. The zero-order valence-electron chi connectivity index (χ0n) is 10.6. The summed E-state index contributed by atoms with van der Waals surface area (Å²) in [6.45, 7) is -0.0956. The minimum atomic E-state index is -1.31. The Bertz CT molecular complexity index is 574. The molecule has 1 N–H and O–H groups in total. The summed E-state index contributed by atoms with van der Waals surface area (Å²) in [6, 6.07) is 1.12. The third-order valence-corrected chi connectivity index (χ3v) is 3.34. The van der Waals surface area contributed by atoms with Gasteiger partial charge in [0.25, 0.3) is 0 Å². The second kappa shape index (κ2) is 5.52. The van der Waals surface area contributed by atoms with Crippen LogP contribution in [0, 0.1) is 23.4 Å². The topological polar surface area (TPSA) is 58.9 Å². The van der Waals surface area contributed by atoms with Crippen molar-refractivity contribution in [3.8, 4) is 0 Å². The Morgan fingerprint density at radius 2 is 1.95 bits per heavy atom. The van der Waals surface area contributed by atoms with E-state index in [1.165, 1.54) is 7.11 Å². The van der Waals surface area contributed by atoms with Crippen LogP contribution in [0.3, 0.4) is 0 Å². The van der Waals surface area contributed by atoms with Gasteiger partial charge < -0.3 is 9.84 Å². The van der Waals surface area contributed by atoms with Gasteiger partial charge in [-0.1, -0.05) is 0 Å². The van der Waals surface area contributed by atoms with Crippen molar-refractivity contribution in [2.24, 2.45) is 10.9 Å². The molecular weight excluding hydrogens is 275 g/mol. The van der Waals surface area contributed by atoms with E-state index in [1.807, 2.05) is 0 Å². The molecule has 0 unspecified atom stereocenters. The minimum Gasteiger partial charge on any atom is -0.484 e. The molecule has 0 aromatic heterocycles. The van der Waals surface area contributed by atoms with Crippen LogP contribution < -0.4 is 0 Å². The predicted octanol–water partition coefficient (Wildman–Crippen LogP) is 2.34. The number of carboxylic acids is 1. The Morgan fingerprint density at radius 3 is 2.55 bits per heavy atom. The molecule has 0 saturated heterocycles. The summed E-state index contributed by atoms with van der Waals surface area (Å²) < 4.78 is 45.0. The number of rotatable bonds is 2. The molecule has 0 amide bonds. The van der Waals surface area contributed by atoms with E-state index >= 15 is 0 Å². The van der Waals surface area contributed by atoms with Crippen LogP contribution in [0.2, 0.25) is 0 Å². The highest BCUT2D eigenvalue weighted by Crippen LogP contribution is 2.35. The Morgan fingerprint density at radius 1 is 1.30 bits per heavy atom. The number of ether oxygens (including phenoxy) is 1. The number of hydrogen-bond acceptors (Lipinski definition) is 3. The molecule has 0 aliphatic carbocycles. The number of aliphatic carboxylic acids is 1. The van der Waals surface area contributed by atoms with Crippen molar-refractivity contribution in [3.63, 3.8) is 0 Å². The van der Waals surface area contributed by atoms with E-state index in [0.29, 0.717) is 12.1 Å². The zero-order chi connectivity index (χ0) is 14.9. The summed E-state index contributed by atoms with van der Waals surface area (Å²) in [4.78, 5) is 15.1. The Hall–Kier alpha value is -2.05. The van der Waals surface area contributed by atoms with Gasteiger partial charge >= 0.3 is 5.97 Å². The molecule has 1 aliphatic heterocycles. The number of benzene rings is 1. The van der Waals surface area contributed by atoms with Crippen LogP contribution in [0.4, 0.5) is 13.2 Å². The van der Waals surface area contributed by atoms with E-state index < -0.39 is 35.3 Å². The van der Waals surface area contributed by atoms with Crippen LogP contribution in [0.1, 0.15) is 17.9 Å². The van der Waals surface area contributed by atoms with Crippen LogP contribution in [-0.4, -0.2) is 30.6 Å². The number of aliphatic imine (C=N–C) groups is 1. The van der Waals surface area contributed by atoms with Crippen molar-refractivity contribution in [1.29, 1.82) is 0 Å². The highest BCUT2D eigenvalue weighted by molar-refractivity contribution is 5.81. The van der Waals surface area contributed by atoms with Gasteiger partial charge in [0, 0.05) is 18.4 Å². The van der Waals surface area contributed by atoms with E-state index in [0.717, 1.165) is 0 Å². The van der Waals surface area contributed by atoms with E-state index in [-0.39, 0.29) is 24.4 Å². The molecular formula is C13H12F3NO3. The van der Waals surface area contributed by atoms with Crippen molar-refractivity contribution in [1.82, 2.24) is 0 Å². The third kappa shape index (κ3) is 2.61. The van der Waals surface area contributed by atoms with E-state index in [9.17, 15) is 18.0 Å². The molecule has 0 bridgehead atoms.